The van der Waals surface area contributed by atoms with E-state index in [2.05, 4.69) is 34.4 Å². The topological polar surface area (TPSA) is 126 Å². The van der Waals surface area contributed by atoms with Crippen molar-refractivity contribution in [3.8, 4) is 17.9 Å². The van der Waals surface area contributed by atoms with Gasteiger partial charge in [-0.2, -0.15) is 10.5 Å². The molecule has 10 nitrogen and oxygen atoms in total. The number of anilines is 1. The van der Waals surface area contributed by atoms with Crippen molar-refractivity contribution >= 4 is 22.4 Å². The fourth-order valence-electron chi connectivity index (χ4n) is 5.89. The first-order chi connectivity index (χ1) is 20.6. The van der Waals surface area contributed by atoms with E-state index in [4.69, 9.17) is 14.3 Å². The van der Waals surface area contributed by atoms with E-state index in [1.165, 1.54) is 4.57 Å². The summed E-state index contributed by atoms with van der Waals surface area (Å²) in [5.74, 6) is 0.511. The van der Waals surface area contributed by atoms with Gasteiger partial charge in [-0.1, -0.05) is 35.5 Å². The largest absolute Gasteiger partial charge is 0.485 e. The van der Waals surface area contributed by atoms with Crippen LogP contribution in [0.1, 0.15) is 69.7 Å². The predicted octanol–water partition coefficient (Wildman–Crippen LogP) is 5.06. The zero-order valence-corrected chi connectivity index (χ0v) is 25.5. The summed E-state index contributed by atoms with van der Waals surface area (Å²) in [5.41, 5.74) is 2.68. The lowest BCUT2D eigenvalue weighted by Crippen LogP contribution is -2.39. The van der Waals surface area contributed by atoms with Crippen LogP contribution in [0.2, 0.25) is 0 Å². The number of aromatic nitrogens is 2. The van der Waals surface area contributed by atoms with Crippen molar-refractivity contribution in [2.75, 3.05) is 25.2 Å². The smallest absolute Gasteiger partial charge is 0.270 e. The standard InChI is InChI=1S/C33H38N6O4/c1-33(2,3)43-37-29(21-9-7-6-8-10-21)22-11-13-23(14-12-22)38(4)31-25(18-34)32(40)39(5)27-17-28(26(19-35)36-30(27)31)42-24-15-16-41-20-24/h6-10,17,22-24H,11-16,20H2,1-5H3/b37-29+. The number of pyridine rings is 2. The van der Waals surface area contributed by atoms with Crippen LogP contribution < -0.4 is 15.2 Å². The molecule has 1 unspecified atom stereocenters. The van der Waals surface area contributed by atoms with Crippen molar-refractivity contribution in [2.45, 2.75) is 70.6 Å². The SMILES string of the molecule is CN(c1c(C#N)c(=O)n(C)c2cc(OC3CCOC3)c(C#N)nc12)C1CCC(/C(=N/OC(C)(C)C)c2ccccc2)CC1. The van der Waals surface area contributed by atoms with Crippen molar-refractivity contribution < 1.29 is 14.3 Å². The second kappa shape index (κ2) is 12.4. The van der Waals surface area contributed by atoms with Gasteiger partial charge in [0.05, 0.1) is 30.1 Å². The highest BCUT2D eigenvalue weighted by atomic mass is 16.6. The number of aryl methyl sites for hydroxylation is 1. The van der Waals surface area contributed by atoms with E-state index in [0.29, 0.717) is 42.1 Å². The average molecular weight is 583 g/mol. The molecule has 3 aromatic rings. The first-order valence-corrected chi connectivity index (χ1v) is 14.8. The average Bonchev–Trinajstić information content (AvgIpc) is 3.52. The van der Waals surface area contributed by atoms with E-state index in [0.717, 1.165) is 37.0 Å². The Kier molecular flexibility index (Phi) is 8.70. The van der Waals surface area contributed by atoms with Gasteiger partial charge in [0.2, 0.25) is 0 Å². The van der Waals surface area contributed by atoms with Crippen molar-refractivity contribution in [2.24, 2.45) is 18.1 Å². The van der Waals surface area contributed by atoms with E-state index in [-0.39, 0.29) is 29.3 Å². The number of benzene rings is 1. The van der Waals surface area contributed by atoms with Crippen LogP contribution in [-0.2, 0) is 16.6 Å². The molecule has 2 aromatic heterocycles. The van der Waals surface area contributed by atoms with Crippen LogP contribution >= 0.6 is 0 Å². The van der Waals surface area contributed by atoms with Gasteiger partial charge in [-0.15, -0.1) is 0 Å². The van der Waals surface area contributed by atoms with E-state index in [9.17, 15) is 15.3 Å². The summed E-state index contributed by atoms with van der Waals surface area (Å²) in [7, 11) is 3.52. The van der Waals surface area contributed by atoms with Crippen molar-refractivity contribution in [3.63, 3.8) is 0 Å². The molecular weight excluding hydrogens is 544 g/mol. The molecular formula is C33H38N6O4. The van der Waals surface area contributed by atoms with Crippen LogP contribution in [0.5, 0.6) is 5.75 Å². The van der Waals surface area contributed by atoms with Gasteiger partial charge in [-0.25, -0.2) is 4.98 Å². The Bertz CT molecular complexity index is 1650. The Hall–Kier alpha value is -4.41. The van der Waals surface area contributed by atoms with E-state index < -0.39 is 11.2 Å². The zero-order chi connectivity index (χ0) is 30.7. The molecule has 2 fully saturated rings. The number of hydrogen-bond acceptors (Lipinski definition) is 9. The Morgan fingerprint density at radius 2 is 1.84 bits per heavy atom. The van der Waals surface area contributed by atoms with Crippen LogP contribution in [-0.4, -0.2) is 53.3 Å². The van der Waals surface area contributed by atoms with Gasteiger partial charge >= 0.3 is 0 Å². The van der Waals surface area contributed by atoms with Gasteiger partial charge in [-0.3, -0.25) is 4.79 Å². The molecule has 1 aliphatic heterocycles. The molecule has 0 bridgehead atoms. The third kappa shape index (κ3) is 6.35. The summed E-state index contributed by atoms with van der Waals surface area (Å²) in [6.07, 6.45) is 3.89. The molecule has 0 spiro atoms. The third-order valence-corrected chi connectivity index (χ3v) is 8.18. The van der Waals surface area contributed by atoms with Gasteiger partial charge in [0.15, 0.2) is 11.4 Å². The van der Waals surface area contributed by atoms with Gasteiger partial charge in [-0.05, 0) is 52.0 Å². The Balaban J connectivity index is 1.47. The second-order valence-corrected chi connectivity index (χ2v) is 12.3. The summed E-state index contributed by atoms with van der Waals surface area (Å²) in [6.45, 7) is 6.98. The number of rotatable bonds is 7. The third-order valence-electron chi connectivity index (χ3n) is 8.18. The zero-order valence-electron chi connectivity index (χ0n) is 25.5. The highest BCUT2D eigenvalue weighted by Gasteiger charge is 2.32. The summed E-state index contributed by atoms with van der Waals surface area (Å²) >= 11 is 0. The predicted molar refractivity (Wildman–Crippen MR) is 164 cm³/mol. The molecule has 0 radical (unpaired) electrons. The molecule has 1 aliphatic carbocycles. The molecule has 1 saturated heterocycles. The van der Waals surface area contributed by atoms with Gasteiger partial charge in [0.1, 0.15) is 34.9 Å². The summed E-state index contributed by atoms with van der Waals surface area (Å²) in [4.78, 5) is 26.0. The molecule has 2 aliphatic rings. The highest BCUT2D eigenvalue weighted by Crippen LogP contribution is 2.37. The maximum Gasteiger partial charge on any atom is 0.270 e. The second-order valence-electron chi connectivity index (χ2n) is 12.3. The van der Waals surface area contributed by atoms with Crippen molar-refractivity contribution in [3.05, 3.63) is 63.6 Å². The minimum atomic E-state index is -0.412. The lowest BCUT2D eigenvalue weighted by atomic mass is 9.80. The Morgan fingerprint density at radius 3 is 2.44 bits per heavy atom. The molecule has 0 N–H and O–H groups in total. The lowest BCUT2D eigenvalue weighted by molar-refractivity contribution is -0.0000294. The number of nitriles is 2. The maximum atomic E-state index is 13.4. The molecule has 3 heterocycles. The molecule has 43 heavy (non-hydrogen) atoms. The van der Waals surface area contributed by atoms with Crippen LogP contribution in [0.4, 0.5) is 5.69 Å². The van der Waals surface area contributed by atoms with Gasteiger partial charge < -0.3 is 23.8 Å². The highest BCUT2D eigenvalue weighted by molar-refractivity contribution is 6.02. The van der Waals surface area contributed by atoms with Gasteiger partial charge in [0.25, 0.3) is 5.56 Å². The van der Waals surface area contributed by atoms with Crippen LogP contribution in [0.15, 0.2) is 46.3 Å². The van der Waals surface area contributed by atoms with Crippen LogP contribution in [0.25, 0.3) is 11.0 Å². The molecule has 10 heteroatoms. The van der Waals surface area contributed by atoms with Crippen molar-refractivity contribution in [1.29, 1.82) is 10.5 Å². The fourth-order valence-corrected chi connectivity index (χ4v) is 5.89. The maximum absolute atomic E-state index is 13.4. The molecule has 0 amide bonds. The number of oxime groups is 1. The monoisotopic (exact) mass is 582 g/mol. The number of ether oxygens (including phenoxy) is 2. The minimum absolute atomic E-state index is 0.0130. The van der Waals surface area contributed by atoms with E-state index in [1.807, 2.05) is 50.9 Å². The molecule has 1 atom stereocenters. The molecule has 1 aromatic carbocycles. The number of hydrogen-bond donors (Lipinski definition) is 0. The quantitative estimate of drug-likeness (QED) is 0.280. The lowest BCUT2D eigenvalue weighted by Gasteiger charge is -2.37. The first-order valence-electron chi connectivity index (χ1n) is 14.8. The molecule has 224 valence electrons. The first kappa shape index (κ1) is 30.1. The number of fused-ring (bicyclic) bond motifs is 1. The molecule has 1 saturated carbocycles. The van der Waals surface area contributed by atoms with Crippen molar-refractivity contribution in [1.82, 2.24) is 9.55 Å². The molecule has 5 rings (SSSR count). The normalized spacial score (nSPS) is 20.8. The number of nitrogens with zero attached hydrogens (tertiary/aromatic N) is 6. The minimum Gasteiger partial charge on any atom is -0.485 e. The fraction of sp³-hybridized carbons (Fsp3) is 0.485. The summed E-state index contributed by atoms with van der Waals surface area (Å²) in [6, 6.07) is 16.1. The van der Waals surface area contributed by atoms with Crippen LogP contribution in [0, 0.1) is 28.6 Å². The Labute approximate surface area is 252 Å². The van der Waals surface area contributed by atoms with E-state index in [1.54, 1.807) is 13.1 Å². The van der Waals surface area contributed by atoms with E-state index >= 15 is 0 Å². The Morgan fingerprint density at radius 1 is 1.12 bits per heavy atom. The van der Waals surface area contributed by atoms with Gasteiger partial charge in [0, 0.05) is 38.5 Å². The summed E-state index contributed by atoms with van der Waals surface area (Å²) < 4.78 is 12.9. The summed E-state index contributed by atoms with van der Waals surface area (Å²) in [5, 5.41) is 24.7. The van der Waals surface area contributed by atoms with Crippen LogP contribution in [0.3, 0.4) is 0 Å².